The molecule has 2 aromatic rings. The van der Waals surface area contributed by atoms with Gasteiger partial charge < -0.3 is 9.73 Å². The molecule has 0 amide bonds. The van der Waals surface area contributed by atoms with E-state index in [0.29, 0.717) is 17.9 Å². The summed E-state index contributed by atoms with van der Waals surface area (Å²) >= 11 is 0. The predicted octanol–water partition coefficient (Wildman–Crippen LogP) is 2.86. The van der Waals surface area contributed by atoms with Crippen LogP contribution in [-0.2, 0) is 12.8 Å². The number of rotatable bonds is 5. The molecule has 0 aromatic carbocycles. The van der Waals surface area contributed by atoms with E-state index in [1.165, 1.54) is 6.42 Å². The second kappa shape index (κ2) is 6.42. The quantitative estimate of drug-likeness (QED) is 0.915. The highest BCUT2D eigenvalue weighted by Gasteiger charge is 2.26. The minimum atomic E-state index is 0.466. The lowest BCUT2D eigenvalue weighted by atomic mass is 10.0. The molecule has 1 N–H and O–H groups in total. The molecule has 118 valence electrons. The van der Waals surface area contributed by atoms with Crippen molar-refractivity contribution in [1.82, 2.24) is 20.2 Å². The lowest BCUT2D eigenvalue weighted by Gasteiger charge is -2.14. The summed E-state index contributed by atoms with van der Waals surface area (Å²) in [7, 11) is 0. The fourth-order valence-electron chi connectivity index (χ4n) is 3.15. The highest BCUT2D eigenvalue weighted by Crippen LogP contribution is 2.30. The molecule has 22 heavy (non-hydrogen) atoms. The van der Waals surface area contributed by atoms with Crippen molar-refractivity contribution in [3.8, 4) is 0 Å². The summed E-state index contributed by atoms with van der Waals surface area (Å²) in [6.07, 6.45) is 5.27. The van der Waals surface area contributed by atoms with Crippen LogP contribution in [0.25, 0.3) is 0 Å². The van der Waals surface area contributed by atoms with Crippen molar-refractivity contribution in [1.29, 1.82) is 0 Å². The van der Waals surface area contributed by atoms with Crippen molar-refractivity contribution in [3.05, 3.63) is 29.4 Å². The summed E-state index contributed by atoms with van der Waals surface area (Å²) in [6.45, 7) is 5.89. The van der Waals surface area contributed by atoms with Crippen molar-refractivity contribution in [2.45, 2.75) is 58.9 Å². The molecule has 1 aliphatic rings. The number of aromatic nitrogens is 4. The Balaban J connectivity index is 1.57. The highest BCUT2D eigenvalue weighted by molar-refractivity contribution is 5.37. The van der Waals surface area contributed by atoms with Gasteiger partial charge in [-0.15, -0.1) is 10.2 Å². The maximum Gasteiger partial charge on any atom is 0.216 e. The van der Waals surface area contributed by atoms with Gasteiger partial charge in [-0.2, -0.15) is 0 Å². The molecule has 1 fully saturated rings. The number of nitrogens with one attached hydrogen (secondary N) is 1. The molecular weight excluding hydrogens is 278 g/mol. The van der Waals surface area contributed by atoms with Gasteiger partial charge in [0.05, 0.1) is 0 Å². The molecule has 6 nitrogen and oxygen atoms in total. The van der Waals surface area contributed by atoms with Gasteiger partial charge in [0.1, 0.15) is 11.6 Å². The summed E-state index contributed by atoms with van der Waals surface area (Å²) < 4.78 is 5.48. The molecular formula is C16H23N5O. The first-order valence-corrected chi connectivity index (χ1v) is 8.02. The molecule has 6 heteroatoms. The van der Waals surface area contributed by atoms with Gasteiger partial charge in [-0.3, -0.25) is 0 Å². The average molecular weight is 301 g/mol. The number of hydrogen-bond donors (Lipinski definition) is 1. The number of nitrogens with zero attached hydrogens (tertiary/aromatic N) is 4. The topological polar surface area (TPSA) is 76.7 Å². The summed E-state index contributed by atoms with van der Waals surface area (Å²) in [6, 6.07) is 2.52. The van der Waals surface area contributed by atoms with Crippen LogP contribution in [-0.4, -0.2) is 26.2 Å². The summed E-state index contributed by atoms with van der Waals surface area (Å²) in [5.74, 6) is 3.79. The molecule has 0 radical (unpaired) electrons. The monoisotopic (exact) mass is 301 g/mol. The normalized spacial score (nSPS) is 21.2. The molecule has 0 bridgehead atoms. The Labute approximate surface area is 130 Å². The second-order valence-electron chi connectivity index (χ2n) is 6.08. The van der Waals surface area contributed by atoms with E-state index in [9.17, 15) is 0 Å². The van der Waals surface area contributed by atoms with Gasteiger partial charge in [0.25, 0.3) is 0 Å². The Morgan fingerprint density at radius 2 is 2.09 bits per heavy atom. The van der Waals surface area contributed by atoms with Crippen molar-refractivity contribution >= 4 is 5.82 Å². The van der Waals surface area contributed by atoms with E-state index in [1.54, 1.807) is 0 Å². The van der Waals surface area contributed by atoms with Gasteiger partial charge in [0.15, 0.2) is 0 Å². The second-order valence-corrected chi connectivity index (χ2v) is 6.08. The number of hydrogen-bond acceptors (Lipinski definition) is 6. The molecule has 3 rings (SSSR count). The molecule has 0 saturated heterocycles. The van der Waals surface area contributed by atoms with Crippen LogP contribution in [0.15, 0.2) is 10.5 Å². The molecule has 1 aliphatic carbocycles. The van der Waals surface area contributed by atoms with Gasteiger partial charge in [-0.25, -0.2) is 9.97 Å². The largest absolute Gasteiger partial charge is 0.426 e. The predicted molar refractivity (Wildman–Crippen MR) is 83.6 cm³/mol. The molecule has 0 spiro atoms. The Morgan fingerprint density at radius 3 is 2.82 bits per heavy atom. The van der Waals surface area contributed by atoms with Crippen LogP contribution in [0.1, 0.15) is 49.5 Å². The SMILES string of the molecule is CCc1cc(N[C@H]2CC[C@@H](Cc3nnc(C)o3)C2)nc(C)n1. The lowest BCUT2D eigenvalue weighted by Crippen LogP contribution is -2.17. The summed E-state index contributed by atoms with van der Waals surface area (Å²) in [5, 5.41) is 11.5. The Bertz CT molecular complexity index is 639. The molecule has 0 unspecified atom stereocenters. The fourth-order valence-corrected chi connectivity index (χ4v) is 3.15. The van der Waals surface area contributed by atoms with Crippen molar-refractivity contribution in [3.63, 3.8) is 0 Å². The third-order valence-electron chi connectivity index (χ3n) is 4.18. The van der Waals surface area contributed by atoms with E-state index in [2.05, 4.69) is 38.5 Å². The third-order valence-corrected chi connectivity index (χ3v) is 4.18. The summed E-state index contributed by atoms with van der Waals surface area (Å²) in [5.41, 5.74) is 1.09. The molecule has 2 atom stereocenters. The van der Waals surface area contributed by atoms with Crippen molar-refractivity contribution in [2.75, 3.05) is 5.32 Å². The zero-order valence-corrected chi connectivity index (χ0v) is 13.5. The number of anilines is 1. The maximum absolute atomic E-state index is 5.48. The minimum absolute atomic E-state index is 0.466. The van der Waals surface area contributed by atoms with E-state index >= 15 is 0 Å². The summed E-state index contributed by atoms with van der Waals surface area (Å²) in [4.78, 5) is 8.92. The van der Waals surface area contributed by atoms with E-state index in [4.69, 9.17) is 4.42 Å². The van der Waals surface area contributed by atoms with Gasteiger partial charge in [0.2, 0.25) is 11.8 Å². The zero-order chi connectivity index (χ0) is 15.5. The van der Waals surface area contributed by atoms with Crippen LogP contribution in [0.2, 0.25) is 0 Å². The third kappa shape index (κ3) is 3.61. The van der Waals surface area contributed by atoms with Crippen LogP contribution in [0.3, 0.4) is 0 Å². The Morgan fingerprint density at radius 1 is 1.23 bits per heavy atom. The van der Waals surface area contributed by atoms with E-state index in [1.807, 2.05) is 13.8 Å². The highest BCUT2D eigenvalue weighted by atomic mass is 16.4. The average Bonchev–Trinajstić information content (AvgIpc) is 3.08. The van der Waals surface area contributed by atoms with Crippen molar-refractivity contribution < 1.29 is 4.42 Å². The first kappa shape index (κ1) is 14.9. The maximum atomic E-state index is 5.48. The van der Waals surface area contributed by atoms with Crippen LogP contribution >= 0.6 is 0 Å². The minimum Gasteiger partial charge on any atom is -0.426 e. The first-order chi connectivity index (χ1) is 10.6. The molecule has 0 aliphatic heterocycles. The van der Waals surface area contributed by atoms with Crippen LogP contribution in [0.4, 0.5) is 5.82 Å². The Kier molecular flexibility index (Phi) is 4.36. The zero-order valence-electron chi connectivity index (χ0n) is 13.5. The lowest BCUT2D eigenvalue weighted by molar-refractivity contribution is 0.416. The van der Waals surface area contributed by atoms with Gasteiger partial charge in [0, 0.05) is 31.1 Å². The van der Waals surface area contributed by atoms with Gasteiger partial charge in [-0.05, 0) is 38.5 Å². The van der Waals surface area contributed by atoms with E-state index < -0.39 is 0 Å². The van der Waals surface area contributed by atoms with Crippen LogP contribution in [0.5, 0.6) is 0 Å². The van der Waals surface area contributed by atoms with Crippen LogP contribution in [0, 0.1) is 19.8 Å². The van der Waals surface area contributed by atoms with Gasteiger partial charge >= 0.3 is 0 Å². The van der Waals surface area contributed by atoms with Gasteiger partial charge in [-0.1, -0.05) is 6.92 Å². The fraction of sp³-hybridized carbons (Fsp3) is 0.625. The smallest absolute Gasteiger partial charge is 0.216 e. The number of aryl methyl sites for hydroxylation is 3. The van der Waals surface area contributed by atoms with Crippen molar-refractivity contribution in [2.24, 2.45) is 5.92 Å². The van der Waals surface area contributed by atoms with E-state index in [-0.39, 0.29) is 0 Å². The first-order valence-electron chi connectivity index (χ1n) is 8.02. The molecule has 2 heterocycles. The molecule has 1 saturated carbocycles. The standard InChI is InChI=1S/C16H23N5O/c1-4-13-9-15(18-10(2)17-13)19-14-6-5-12(7-14)8-16-21-20-11(3)22-16/h9,12,14H,4-8H2,1-3H3,(H,17,18,19)/t12-,14+/m1/s1. The molecule has 2 aromatic heterocycles. The van der Waals surface area contributed by atoms with Crippen LogP contribution < -0.4 is 5.32 Å². The Hall–Kier alpha value is -1.98. The van der Waals surface area contributed by atoms with E-state index in [0.717, 1.165) is 48.9 Å².